The van der Waals surface area contributed by atoms with Gasteiger partial charge in [-0.25, -0.2) is 9.97 Å². The topological polar surface area (TPSA) is 65.5 Å². The average Bonchev–Trinajstić information content (AvgIpc) is 2.42. The number of nitrogens with one attached hydrogen (secondary N) is 1. The summed E-state index contributed by atoms with van der Waals surface area (Å²) in [5.74, 6) is 1.25. The van der Waals surface area contributed by atoms with Crippen molar-refractivity contribution in [1.29, 1.82) is 0 Å². The summed E-state index contributed by atoms with van der Waals surface area (Å²) in [4.78, 5) is 8.19. The summed E-state index contributed by atoms with van der Waals surface area (Å²) >= 11 is 3.42. The van der Waals surface area contributed by atoms with Crippen molar-refractivity contribution in [3.63, 3.8) is 0 Å². The van der Waals surface area contributed by atoms with E-state index >= 15 is 0 Å². The van der Waals surface area contributed by atoms with Gasteiger partial charge in [0.2, 0.25) is 5.88 Å². The lowest BCUT2D eigenvalue weighted by Gasteiger charge is -2.10. The van der Waals surface area contributed by atoms with Crippen LogP contribution in [-0.4, -0.2) is 50.1 Å². The molecule has 19 heavy (non-hydrogen) atoms. The molecule has 108 valence electrons. The predicted octanol–water partition coefficient (Wildman–Crippen LogP) is 2.10. The molecule has 0 saturated carbocycles. The minimum atomic E-state index is 0.453. The van der Waals surface area contributed by atoms with Crippen LogP contribution in [0.15, 0.2) is 10.8 Å². The quantitative estimate of drug-likeness (QED) is 0.661. The predicted molar refractivity (Wildman–Crippen MR) is 76.7 cm³/mol. The Morgan fingerprint density at radius 2 is 2.05 bits per heavy atom. The smallest absolute Gasteiger partial charge is 0.233 e. The molecule has 0 saturated heterocycles. The van der Waals surface area contributed by atoms with Gasteiger partial charge in [0, 0.05) is 26.9 Å². The molecule has 0 aliphatic carbocycles. The lowest BCUT2D eigenvalue weighted by Crippen LogP contribution is -2.10. The lowest BCUT2D eigenvalue weighted by molar-refractivity contribution is 0.0793. The highest BCUT2D eigenvalue weighted by atomic mass is 79.9. The first kappa shape index (κ1) is 16.1. The standard InChI is InChI=1S/C12H20BrN3O3/c1-3-14-11-10(13)12(16-9-15-11)19-8-7-18-6-4-5-17-2/h9H,3-8H2,1-2H3,(H,14,15,16). The molecular formula is C12H20BrN3O3. The zero-order valence-corrected chi connectivity index (χ0v) is 12.9. The monoisotopic (exact) mass is 333 g/mol. The van der Waals surface area contributed by atoms with E-state index in [0.29, 0.717) is 32.3 Å². The molecule has 0 spiro atoms. The number of ether oxygens (including phenoxy) is 3. The largest absolute Gasteiger partial charge is 0.474 e. The molecule has 7 heteroatoms. The molecule has 1 aromatic heterocycles. The summed E-state index contributed by atoms with van der Waals surface area (Å²) in [6.45, 7) is 5.15. The molecule has 1 heterocycles. The summed E-state index contributed by atoms with van der Waals surface area (Å²) in [7, 11) is 1.68. The molecular weight excluding hydrogens is 314 g/mol. The number of nitrogens with zero attached hydrogens (tertiary/aromatic N) is 2. The molecule has 1 N–H and O–H groups in total. The average molecular weight is 334 g/mol. The van der Waals surface area contributed by atoms with Gasteiger partial charge in [0.1, 0.15) is 23.2 Å². The number of halogens is 1. The van der Waals surface area contributed by atoms with Crippen molar-refractivity contribution in [3.8, 4) is 5.88 Å². The number of anilines is 1. The second kappa shape index (κ2) is 9.94. The minimum absolute atomic E-state index is 0.453. The molecule has 0 aliphatic heterocycles. The van der Waals surface area contributed by atoms with Crippen LogP contribution in [0.3, 0.4) is 0 Å². The van der Waals surface area contributed by atoms with Gasteiger partial charge < -0.3 is 19.5 Å². The third-order valence-electron chi connectivity index (χ3n) is 2.21. The first-order valence-electron chi connectivity index (χ1n) is 6.23. The molecule has 0 aromatic carbocycles. The fourth-order valence-corrected chi connectivity index (χ4v) is 1.81. The van der Waals surface area contributed by atoms with E-state index in [1.54, 1.807) is 7.11 Å². The van der Waals surface area contributed by atoms with Crippen LogP contribution >= 0.6 is 15.9 Å². The van der Waals surface area contributed by atoms with Crippen LogP contribution in [0.25, 0.3) is 0 Å². The lowest BCUT2D eigenvalue weighted by atomic mass is 10.5. The summed E-state index contributed by atoms with van der Waals surface area (Å²) in [5, 5.41) is 3.12. The van der Waals surface area contributed by atoms with Crippen LogP contribution in [0.4, 0.5) is 5.82 Å². The van der Waals surface area contributed by atoms with Gasteiger partial charge in [-0.05, 0) is 29.3 Å². The van der Waals surface area contributed by atoms with Crippen molar-refractivity contribution in [2.75, 3.05) is 45.4 Å². The van der Waals surface area contributed by atoms with E-state index in [4.69, 9.17) is 14.2 Å². The molecule has 0 aliphatic rings. The maximum Gasteiger partial charge on any atom is 0.233 e. The van der Waals surface area contributed by atoms with Crippen LogP contribution < -0.4 is 10.1 Å². The number of methoxy groups -OCH3 is 1. The third-order valence-corrected chi connectivity index (χ3v) is 2.92. The number of hydrogen-bond acceptors (Lipinski definition) is 6. The first-order valence-corrected chi connectivity index (χ1v) is 7.02. The summed E-state index contributed by atoms with van der Waals surface area (Å²) in [5.41, 5.74) is 0. The van der Waals surface area contributed by atoms with E-state index in [1.165, 1.54) is 6.33 Å². The first-order chi connectivity index (χ1) is 9.29. The van der Waals surface area contributed by atoms with Gasteiger partial charge in [-0.3, -0.25) is 0 Å². The molecule has 0 radical (unpaired) electrons. The normalized spacial score (nSPS) is 10.5. The Hall–Kier alpha value is -0.920. The molecule has 0 fully saturated rings. The Kier molecular flexibility index (Phi) is 8.44. The summed E-state index contributed by atoms with van der Waals surface area (Å²) in [6.07, 6.45) is 2.36. The Labute approximate surface area is 122 Å². The maximum atomic E-state index is 5.54. The van der Waals surface area contributed by atoms with Gasteiger partial charge >= 0.3 is 0 Å². The Balaban J connectivity index is 2.27. The highest BCUT2D eigenvalue weighted by Gasteiger charge is 2.08. The second-order valence-corrected chi connectivity index (χ2v) is 4.47. The summed E-state index contributed by atoms with van der Waals surface area (Å²) in [6, 6.07) is 0. The van der Waals surface area contributed by atoms with Crippen molar-refractivity contribution in [3.05, 3.63) is 10.8 Å². The fourth-order valence-electron chi connectivity index (χ4n) is 1.35. The van der Waals surface area contributed by atoms with Crippen molar-refractivity contribution < 1.29 is 14.2 Å². The second-order valence-electron chi connectivity index (χ2n) is 3.68. The summed E-state index contributed by atoms with van der Waals surface area (Å²) < 4.78 is 16.6. The van der Waals surface area contributed by atoms with Crippen molar-refractivity contribution in [1.82, 2.24) is 9.97 Å². The molecule has 1 rings (SSSR count). The van der Waals surface area contributed by atoms with Crippen LogP contribution in [0.1, 0.15) is 13.3 Å². The Bertz CT molecular complexity index is 366. The molecule has 0 bridgehead atoms. The van der Waals surface area contributed by atoms with Crippen LogP contribution in [0.2, 0.25) is 0 Å². The van der Waals surface area contributed by atoms with E-state index in [2.05, 4.69) is 31.2 Å². The zero-order valence-electron chi connectivity index (χ0n) is 11.3. The van der Waals surface area contributed by atoms with Gasteiger partial charge in [-0.1, -0.05) is 0 Å². The number of hydrogen-bond donors (Lipinski definition) is 1. The minimum Gasteiger partial charge on any atom is -0.474 e. The third kappa shape index (κ3) is 6.17. The van der Waals surface area contributed by atoms with Crippen molar-refractivity contribution in [2.45, 2.75) is 13.3 Å². The molecule has 1 aromatic rings. The maximum absolute atomic E-state index is 5.54. The van der Waals surface area contributed by atoms with Gasteiger partial charge in [0.15, 0.2) is 0 Å². The highest BCUT2D eigenvalue weighted by Crippen LogP contribution is 2.27. The van der Waals surface area contributed by atoms with E-state index in [-0.39, 0.29) is 0 Å². The Morgan fingerprint density at radius 3 is 2.79 bits per heavy atom. The van der Waals surface area contributed by atoms with Gasteiger partial charge in [0.25, 0.3) is 0 Å². The molecule has 6 nitrogen and oxygen atoms in total. The molecule has 0 atom stereocenters. The van der Waals surface area contributed by atoms with Crippen LogP contribution in [-0.2, 0) is 9.47 Å². The van der Waals surface area contributed by atoms with Gasteiger partial charge in [-0.15, -0.1) is 0 Å². The van der Waals surface area contributed by atoms with E-state index in [1.807, 2.05) is 6.92 Å². The van der Waals surface area contributed by atoms with Crippen LogP contribution in [0.5, 0.6) is 5.88 Å². The van der Waals surface area contributed by atoms with Crippen molar-refractivity contribution >= 4 is 21.7 Å². The molecule has 0 amide bonds. The number of aromatic nitrogens is 2. The van der Waals surface area contributed by atoms with E-state index < -0.39 is 0 Å². The van der Waals surface area contributed by atoms with E-state index in [0.717, 1.165) is 23.3 Å². The van der Waals surface area contributed by atoms with E-state index in [9.17, 15) is 0 Å². The van der Waals surface area contributed by atoms with Crippen LogP contribution in [0, 0.1) is 0 Å². The highest BCUT2D eigenvalue weighted by molar-refractivity contribution is 9.10. The Morgan fingerprint density at radius 1 is 1.21 bits per heavy atom. The molecule has 0 unspecified atom stereocenters. The van der Waals surface area contributed by atoms with Gasteiger partial charge in [0.05, 0.1) is 6.61 Å². The number of rotatable bonds is 10. The fraction of sp³-hybridized carbons (Fsp3) is 0.667. The SMILES string of the molecule is CCNc1ncnc(OCCOCCCOC)c1Br. The zero-order chi connectivity index (χ0) is 13.9. The van der Waals surface area contributed by atoms with Gasteiger partial charge in [-0.2, -0.15) is 0 Å². The van der Waals surface area contributed by atoms with Crippen molar-refractivity contribution in [2.24, 2.45) is 0 Å².